The molecule has 0 aromatic carbocycles. The van der Waals surface area contributed by atoms with Crippen LogP contribution in [0.3, 0.4) is 0 Å². The lowest BCUT2D eigenvalue weighted by molar-refractivity contribution is 0.877. The van der Waals surface area contributed by atoms with E-state index in [0.717, 1.165) is 0 Å². The maximum Gasteiger partial charge on any atom is 0.158 e. The zero-order chi connectivity index (χ0) is 10.4. The Morgan fingerprint density at radius 2 is 2.14 bits per heavy atom. The van der Waals surface area contributed by atoms with E-state index in [-0.39, 0.29) is 0 Å². The van der Waals surface area contributed by atoms with Gasteiger partial charge in [0.05, 0.1) is 24.9 Å². The van der Waals surface area contributed by atoms with Gasteiger partial charge in [0.15, 0.2) is 5.69 Å². The van der Waals surface area contributed by atoms with E-state index in [2.05, 4.69) is 9.97 Å². The summed E-state index contributed by atoms with van der Waals surface area (Å²) in [6, 6.07) is 3.94. The fourth-order valence-electron chi connectivity index (χ4n) is 0.908. The lowest BCUT2D eigenvalue weighted by Gasteiger charge is -2.15. The maximum absolute atomic E-state index is 8.50. The summed E-state index contributed by atoms with van der Waals surface area (Å²) in [5, 5.41) is 16.9. The largest absolute Gasteiger partial charge is 0.357 e. The SMILES string of the molecule is CN(CCC#N)c1cnc(C#N)cn1. The summed E-state index contributed by atoms with van der Waals surface area (Å²) in [6.45, 7) is 0.608. The summed E-state index contributed by atoms with van der Waals surface area (Å²) < 4.78 is 0. The minimum Gasteiger partial charge on any atom is -0.357 e. The molecular weight excluding hydrogens is 178 g/mol. The molecule has 0 fully saturated rings. The van der Waals surface area contributed by atoms with Gasteiger partial charge in [0.2, 0.25) is 0 Å². The molecule has 0 saturated carbocycles. The van der Waals surface area contributed by atoms with Crippen LogP contribution in [0.5, 0.6) is 0 Å². The molecule has 0 amide bonds. The van der Waals surface area contributed by atoms with Crippen LogP contribution < -0.4 is 4.90 Å². The van der Waals surface area contributed by atoms with Gasteiger partial charge in [-0.25, -0.2) is 9.97 Å². The molecule has 1 aromatic heterocycles. The molecule has 0 aliphatic carbocycles. The highest BCUT2D eigenvalue weighted by atomic mass is 15.2. The van der Waals surface area contributed by atoms with Crippen LogP contribution in [0.15, 0.2) is 12.4 Å². The summed E-state index contributed by atoms with van der Waals surface area (Å²) in [4.78, 5) is 9.73. The second-order valence-electron chi connectivity index (χ2n) is 2.70. The topological polar surface area (TPSA) is 76.6 Å². The van der Waals surface area contributed by atoms with Crippen molar-refractivity contribution in [3.8, 4) is 12.1 Å². The average molecular weight is 187 g/mol. The quantitative estimate of drug-likeness (QED) is 0.696. The van der Waals surface area contributed by atoms with Gasteiger partial charge in [-0.1, -0.05) is 0 Å². The molecule has 1 aromatic rings. The number of anilines is 1. The minimum atomic E-state index is 0.294. The van der Waals surface area contributed by atoms with Gasteiger partial charge >= 0.3 is 0 Å². The van der Waals surface area contributed by atoms with Crippen molar-refractivity contribution < 1.29 is 0 Å². The van der Waals surface area contributed by atoms with Crippen molar-refractivity contribution >= 4 is 5.82 Å². The molecule has 0 bridgehead atoms. The van der Waals surface area contributed by atoms with Gasteiger partial charge in [-0.2, -0.15) is 10.5 Å². The molecule has 0 unspecified atom stereocenters. The standard InChI is InChI=1S/C9H9N5/c1-14(4-2-3-10)9-7-12-8(5-11)6-13-9/h6-7H,2,4H2,1H3. The fourth-order valence-corrected chi connectivity index (χ4v) is 0.908. The number of rotatable bonds is 3. The summed E-state index contributed by atoms with van der Waals surface area (Å²) in [6.07, 6.45) is 3.38. The molecule has 5 heteroatoms. The smallest absolute Gasteiger partial charge is 0.158 e. The van der Waals surface area contributed by atoms with Crippen LogP contribution in [0, 0.1) is 22.7 Å². The van der Waals surface area contributed by atoms with E-state index in [4.69, 9.17) is 10.5 Å². The van der Waals surface area contributed by atoms with Crippen LogP contribution in [0.4, 0.5) is 5.82 Å². The Morgan fingerprint density at radius 1 is 1.36 bits per heavy atom. The zero-order valence-corrected chi connectivity index (χ0v) is 7.80. The van der Waals surface area contributed by atoms with Crippen molar-refractivity contribution in [3.63, 3.8) is 0 Å². The zero-order valence-electron chi connectivity index (χ0n) is 7.80. The Labute approximate surface area is 82.2 Å². The maximum atomic E-state index is 8.50. The number of hydrogen-bond acceptors (Lipinski definition) is 5. The first-order chi connectivity index (χ1) is 6.77. The van der Waals surface area contributed by atoms with E-state index >= 15 is 0 Å². The average Bonchev–Trinajstić information content (AvgIpc) is 2.26. The van der Waals surface area contributed by atoms with E-state index in [1.54, 1.807) is 0 Å². The summed E-state index contributed by atoms with van der Waals surface area (Å²) in [5.74, 6) is 0.666. The van der Waals surface area contributed by atoms with Gasteiger partial charge in [-0.3, -0.25) is 0 Å². The van der Waals surface area contributed by atoms with Crippen LogP contribution in [-0.2, 0) is 0 Å². The van der Waals surface area contributed by atoms with Gasteiger partial charge in [0.25, 0.3) is 0 Å². The second kappa shape index (κ2) is 4.78. The molecule has 0 N–H and O–H groups in total. The third kappa shape index (κ3) is 2.43. The molecule has 0 radical (unpaired) electrons. The molecular formula is C9H9N5. The Balaban J connectivity index is 2.68. The van der Waals surface area contributed by atoms with Crippen LogP contribution in [-0.4, -0.2) is 23.6 Å². The van der Waals surface area contributed by atoms with E-state index < -0.39 is 0 Å². The summed E-state index contributed by atoms with van der Waals surface area (Å²) in [5.41, 5.74) is 0.294. The van der Waals surface area contributed by atoms with Gasteiger partial charge in [-0.05, 0) is 0 Å². The fraction of sp³-hybridized carbons (Fsp3) is 0.333. The van der Waals surface area contributed by atoms with Gasteiger partial charge < -0.3 is 4.90 Å². The van der Waals surface area contributed by atoms with Crippen LogP contribution in [0.25, 0.3) is 0 Å². The Kier molecular flexibility index (Phi) is 3.40. The predicted octanol–water partition coefficient (Wildman–Crippen LogP) is 0.698. The molecule has 0 spiro atoms. The Hall–Kier alpha value is -2.14. The predicted molar refractivity (Wildman–Crippen MR) is 50.2 cm³/mol. The van der Waals surface area contributed by atoms with E-state index in [1.807, 2.05) is 24.1 Å². The van der Waals surface area contributed by atoms with Crippen LogP contribution in [0.1, 0.15) is 12.1 Å². The van der Waals surface area contributed by atoms with Crippen molar-refractivity contribution in [3.05, 3.63) is 18.1 Å². The lowest BCUT2D eigenvalue weighted by Crippen LogP contribution is -2.19. The van der Waals surface area contributed by atoms with Crippen LogP contribution >= 0.6 is 0 Å². The molecule has 70 valence electrons. The van der Waals surface area contributed by atoms with Crippen molar-refractivity contribution in [1.29, 1.82) is 10.5 Å². The van der Waals surface area contributed by atoms with Crippen molar-refractivity contribution in [2.24, 2.45) is 0 Å². The second-order valence-corrected chi connectivity index (χ2v) is 2.70. The van der Waals surface area contributed by atoms with E-state index in [9.17, 15) is 0 Å². The first-order valence-electron chi connectivity index (χ1n) is 4.08. The minimum absolute atomic E-state index is 0.294. The molecule has 1 heterocycles. The Bertz CT molecular complexity index is 370. The van der Waals surface area contributed by atoms with E-state index in [1.165, 1.54) is 12.4 Å². The number of nitrogens with zero attached hydrogens (tertiary/aromatic N) is 5. The number of aromatic nitrogens is 2. The highest BCUT2D eigenvalue weighted by molar-refractivity contribution is 5.35. The molecule has 5 nitrogen and oxygen atoms in total. The highest BCUT2D eigenvalue weighted by Gasteiger charge is 2.02. The molecule has 0 saturated heterocycles. The molecule has 14 heavy (non-hydrogen) atoms. The van der Waals surface area contributed by atoms with Gasteiger partial charge in [0, 0.05) is 13.6 Å². The normalized spacial score (nSPS) is 8.79. The molecule has 0 aliphatic rings. The summed E-state index contributed by atoms with van der Waals surface area (Å²) in [7, 11) is 1.83. The van der Waals surface area contributed by atoms with Crippen molar-refractivity contribution in [2.45, 2.75) is 6.42 Å². The number of nitriles is 2. The van der Waals surface area contributed by atoms with E-state index in [0.29, 0.717) is 24.5 Å². The van der Waals surface area contributed by atoms with Gasteiger partial charge in [0.1, 0.15) is 11.9 Å². The third-order valence-corrected chi connectivity index (χ3v) is 1.70. The first-order valence-corrected chi connectivity index (χ1v) is 4.08. The van der Waals surface area contributed by atoms with Crippen molar-refractivity contribution in [2.75, 3.05) is 18.5 Å². The molecule has 1 rings (SSSR count). The number of hydrogen-bond donors (Lipinski definition) is 0. The van der Waals surface area contributed by atoms with Gasteiger partial charge in [-0.15, -0.1) is 0 Å². The molecule has 0 aliphatic heterocycles. The van der Waals surface area contributed by atoms with Crippen LogP contribution in [0.2, 0.25) is 0 Å². The first kappa shape index (κ1) is 9.94. The molecule has 0 atom stereocenters. The Morgan fingerprint density at radius 3 is 2.64 bits per heavy atom. The van der Waals surface area contributed by atoms with Crippen molar-refractivity contribution in [1.82, 2.24) is 9.97 Å². The highest BCUT2D eigenvalue weighted by Crippen LogP contribution is 2.06. The third-order valence-electron chi connectivity index (χ3n) is 1.70. The monoisotopic (exact) mass is 187 g/mol. The summed E-state index contributed by atoms with van der Waals surface area (Å²) >= 11 is 0. The lowest BCUT2D eigenvalue weighted by atomic mass is 10.4.